The minimum Gasteiger partial charge on any atom is -0.422 e. The second-order valence-corrected chi connectivity index (χ2v) is 8.01. The highest BCUT2D eigenvalue weighted by atomic mass is 16.4. The van der Waals surface area contributed by atoms with Gasteiger partial charge < -0.3 is 14.2 Å². The molecule has 2 unspecified atom stereocenters. The number of piperazine rings is 1. The molecule has 0 radical (unpaired) electrons. The maximum absolute atomic E-state index is 13.0. The monoisotopic (exact) mass is 433 g/mol. The third-order valence-corrected chi connectivity index (χ3v) is 6.06. The van der Waals surface area contributed by atoms with E-state index in [-0.39, 0.29) is 29.5 Å². The number of hydrazine groups is 1. The van der Waals surface area contributed by atoms with Crippen molar-refractivity contribution < 1.29 is 14.0 Å². The van der Waals surface area contributed by atoms with Crippen LogP contribution in [0.25, 0.3) is 11.0 Å². The lowest BCUT2D eigenvalue weighted by molar-refractivity contribution is -0.134. The fraction of sp³-hybridized carbons (Fsp3) is 0.304. The summed E-state index contributed by atoms with van der Waals surface area (Å²) in [7, 11) is 0. The van der Waals surface area contributed by atoms with Crippen LogP contribution in [-0.2, 0) is 4.79 Å². The van der Waals surface area contributed by atoms with Crippen LogP contribution >= 0.6 is 0 Å². The van der Waals surface area contributed by atoms with Gasteiger partial charge in [-0.25, -0.2) is 15.6 Å². The highest BCUT2D eigenvalue weighted by molar-refractivity contribution is 5.96. The van der Waals surface area contributed by atoms with Crippen molar-refractivity contribution in [1.82, 2.24) is 25.6 Å². The van der Waals surface area contributed by atoms with Crippen molar-refractivity contribution in [1.29, 1.82) is 0 Å². The number of hydrogen-bond donors (Lipinski definition) is 2. The average molecular weight is 433 g/mol. The molecule has 4 heterocycles. The molecule has 1 aromatic carbocycles. The number of pyridine rings is 1. The van der Waals surface area contributed by atoms with E-state index in [1.54, 1.807) is 46.5 Å². The van der Waals surface area contributed by atoms with Gasteiger partial charge in [-0.1, -0.05) is 18.2 Å². The molecule has 0 saturated carbocycles. The summed E-state index contributed by atoms with van der Waals surface area (Å²) in [5.74, 6) is -0.360. The summed E-state index contributed by atoms with van der Waals surface area (Å²) in [4.78, 5) is 45.6. The third-order valence-electron chi connectivity index (χ3n) is 6.06. The van der Waals surface area contributed by atoms with E-state index in [1.165, 1.54) is 0 Å². The lowest BCUT2D eigenvalue weighted by Crippen LogP contribution is -2.55. The first-order chi connectivity index (χ1) is 15.6. The molecule has 0 bridgehead atoms. The van der Waals surface area contributed by atoms with E-state index in [4.69, 9.17) is 4.42 Å². The minimum absolute atomic E-state index is 0.00590. The van der Waals surface area contributed by atoms with Crippen LogP contribution in [0.3, 0.4) is 0 Å². The van der Waals surface area contributed by atoms with E-state index >= 15 is 0 Å². The quantitative estimate of drug-likeness (QED) is 0.595. The SMILES string of the molecule is O=C(c1cc2ccccc2oc1=O)N1CCN(C(=O)C2CC(c3ccncc3)NN2)CC1. The summed E-state index contributed by atoms with van der Waals surface area (Å²) in [6.07, 6.45) is 4.11. The third kappa shape index (κ3) is 3.88. The van der Waals surface area contributed by atoms with E-state index in [1.807, 2.05) is 18.2 Å². The van der Waals surface area contributed by atoms with Gasteiger partial charge in [0.25, 0.3) is 5.91 Å². The number of aromatic nitrogens is 1. The fourth-order valence-electron chi connectivity index (χ4n) is 4.26. The highest BCUT2D eigenvalue weighted by Crippen LogP contribution is 2.23. The second-order valence-electron chi connectivity index (χ2n) is 8.01. The van der Waals surface area contributed by atoms with Crippen LogP contribution in [0.15, 0.2) is 64.1 Å². The number of para-hydroxylation sites is 1. The fourth-order valence-corrected chi connectivity index (χ4v) is 4.26. The van der Waals surface area contributed by atoms with Crippen molar-refractivity contribution in [2.24, 2.45) is 0 Å². The van der Waals surface area contributed by atoms with Crippen LogP contribution in [0.4, 0.5) is 0 Å². The first kappa shape index (κ1) is 20.3. The first-order valence-electron chi connectivity index (χ1n) is 10.6. The molecule has 0 spiro atoms. The molecular weight excluding hydrogens is 410 g/mol. The molecular formula is C23H23N5O4. The van der Waals surface area contributed by atoms with Crippen LogP contribution in [0.5, 0.6) is 0 Å². The average Bonchev–Trinajstić information content (AvgIpc) is 3.34. The first-order valence-corrected chi connectivity index (χ1v) is 10.6. The van der Waals surface area contributed by atoms with E-state index in [9.17, 15) is 14.4 Å². The van der Waals surface area contributed by atoms with Crippen LogP contribution in [0.1, 0.15) is 28.4 Å². The molecule has 2 fully saturated rings. The molecule has 2 atom stereocenters. The maximum Gasteiger partial charge on any atom is 0.349 e. The van der Waals surface area contributed by atoms with Gasteiger partial charge in [0.15, 0.2) is 0 Å². The maximum atomic E-state index is 13.0. The zero-order valence-corrected chi connectivity index (χ0v) is 17.4. The van der Waals surface area contributed by atoms with Crippen LogP contribution < -0.4 is 16.5 Å². The van der Waals surface area contributed by atoms with Gasteiger partial charge in [0.05, 0.1) is 0 Å². The van der Waals surface area contributed by atoms with E-state index < -0.39 is 5.63 Å². The second kappa shape index (κ2) is 8.52. The Bertz CT molecular complexity index is 1200. The molecule has 2 aliphatic heterocycles. The number of nitrogens with one attached hydrogen (secondary N) is 2. The lowest BCUT2D eigenvalue weighted by Gasteiger charge is -2.35. The molecule has 0 aliphatic carbocycles. The number of carbonyl (C=O) groups is 2. The normalized spacial score (nSPS) is 21.1. The molecule has 5 rings (SSSR count). The standard InChI is InChI=1S/C23H23N5O4/c29-21(17-13-16-3-1-2-4-20(16)32-23(17)31)27-9-11-28(12-10-27)22(30)19-14-18(25-26-19)15-5-7-24-8-6-15/h1-8,13,18-19,25-26H,9-12,14H2. The summed E-state index contributed by atoms with van der Waals surface area (Å²) in [5, 5.41) is 0.702. The number of carbonyl (C=O) groups excluding carboxylic acids is 2. The highest BCUT2D eigenvalue weighted by Gasteiger charge is 2.35. The van der Waals surface area contributed by atoms with Gasteiger partial charge in [-0.05, 0) is 36.2 Å². The number of nitrogens with zero attached hydrogens (tertiary/aromatic N) is 3. The van der Waals surface area contributed by atoms with Crippen molar-refractivity contribution in [2.75, 3.05) is 26.2 Å². The van der Waals surface area contributed by atoms with Gasteiger partial charge in [0.1, 0.15) is 17.2 Å². The van der Waals surface area contributed by atoms with Gasteiger partial charge >= 0.3 is 5.63 Å². The van der Waals surface area contributed by atoms with Gasteiger partial charge in [0, 0.05) is 50.0 Å². The Kier molecular flexibility index (Phi) is 5.42. The van der Waals surface area contributed by atoms with Crippen LogP contribution in [0.2, 0.25) is 0 Å². The molecule has 164 valence electrons. The molecule has 2 amide bonds. The predicted octanol–water partition coefficient (Wildman–Crippen LogP) is 1.08. The smallest absolute Gasteiger partial charge is 0.349 e. The Morgan fingerprint density at radius 2 is 1.69 bits per heavy atom. The Labute approximate surface area is 184 Å². The predicted molar refractivity (Wildman–Crippen MR) is 117 cm³/mol. The Balaban J connectivity index is 1.21. The molecule has 2 saturated heterocycles. The summed E-state index contributed by atoms with van der Waals surface area (Å²) < 4.78 is 5.29. The Morgan fingerprint density at radius 1 is 0.969 bits per heavy atom. The lowest BCUT2D eigenvalue weighted by atomic mass is 10.0. The zero-order chi connectivity index (χ0) is 22.1. The Morgan fingerprint density at radius 3 is 2.47 bits per heavy atom. The number of rotatable bonds is 3. The van der Waals surface area contributed by atoms with Gasteiger partial charge in [-0.15, -0.1) is 0 Å². The van der Waals surface area contributed by atoms with E-state index in [2.05, 4.69) is 15.8 Å². The van der Waals surface area contributed by atoms with E-state index in [0.717, 1.165) is 5.56 Å². The van der Waals surface area contributed by atoms with Gasteiger partial charge in [-0.3, -0.25) is 14.6 Å². The van der Waals surface area contributed by atoms with E-state index in [0.29, 0.717) is 43.6 Å². The van der Waals surface area contributed by atoms with Crippen molar-refractivity contribution >= 4 is 22.8 Å². The molecule has 2 aliphatic rings. The van der Waals surface area contributed by atoms with Crippen molar-refractivity contribution in [2.45, 2.75) is 18.5 Å². The zero-order valence-electron chi connectivity index (χ0n) is 17.4. The summed E-state index contributed by atoms with van der Waals surface area (Å²) in [6, 6.07) is 12.2. The summed E-state index contributed by atoms with van der Waals surface area (Å²) >= 11 is 0. The van der Waals surface area contributed by atoms with Crippen LogP contribution in [-0.4, -0.2) is 58.8 Å². The molecule has 2 N–H and O–H groups in total. The topological polar surface area (TPSA) is 108 Å². The largest absolute Gasteiger partial charge is 0.422 e. The molecule has 9 nitrogen and oxygen atoms in total. The number of hydrogen-bond acceptors (Lipinski definition) is 7. The molecule has 9 heteroatoms. The number of amides is 2. The Hall–Kier alpha value is -3.56. The number of benzene rings is 1. The minimum atomic E-state index is -0.643. The molecule has 3 aromatic rings. The molecule has 2 aromatic heterocycles. The van der Waals surface area contributed by atoms with Gasteiger partial charge in [0.2, 0.25) is 5.91 Å². The van der Waals surface area contributed by atoms with Crippen molar-refractivity contribution in [3.63, 3.8) is 0 Å². The summed E-state index contributed by atoms with van der Waals surface area (Å²) in [5.41, 5.74) is 7.17. The molecule has 32 heavy (non-hydrogen) atoms. The number of fused-ring (bicyclic) bond motifs is 1. The summed E-state index contributed by atoms with van der Waals surface area (Å²) in [6.45, 7) is 1.57. The van der Waals surface area contributed by atoms with Crippen molar-refractivity contribution in [3.05, 3.63) is 76.4 Å². The van der Waals surface area contributed by atoms with Crippen LogP contribution in [0, 0.1) is 0 Å². The van der Waals surface area contributed by atoms with Gasteiger partial charge in [-0.2, -0.15) is 0 Å². The van der Waals surface area contributed by atoms with Crippen molar-refractivity contribution in [3.8, 4) is 0 Å².